The van der Waals surface area contributed by atoms with Crippen molar-refractivity contribution in [3.63, 3.8) is 0 Å². The van der Waals surface area contributed by atoms with Crippen LogP contribution < -0.4 is 9.80 Å². The summed E-state index contributed by atoms with van der Waals surface area (Å²) in [5, 5.41) is 0. The van der Waals surface area contributed by atoms with Gasteiger partial charge in [-0.3, -0.25) is 0 Å². The molecule has 1 aliphatic heterocycles. The van der Waals surface area contributed by atoms with E-state index >= 15 is 0 Å². The number of anilines is 2. The Morgan fingerprint density at radius 2 is 1.03 bits per heavy atom. The van der Waals surface area contributed by atoms with Gasteiger partial charge in [-0.15, -0.1) is 0 Å². The summed E-state index contributed by atoms with van der Waals surface area (Å²) in [6.07, 6.45) is 1.96. The standard InChI is InChI=1S/C27H39N2.C5H8.CH3.2ClH.Ru/c1-18(2)22-11-9-12-23(19(3)4)26(22)28-15-16-29(17-28)27-24(20(5)6)13-10-14-25(27)21(7)8;1-4-5(2)3;;;;/h9-14,17-21H,15-16H2,1-8H3;1,4H,2-3H3;1H3;2*1H;/q-1;;-1;;;+2/p-2. The molecule has 2 nitrogen and oxygen atoms in total. The minimum absolute atomic E-state index is 0. The van der Waals surface area contributed by atoms with Gasteiger partial charge in [-0.05, 0) is 45.9 Å². The first-order valence-electron chi connectivity index (χ1n) is 13.5. The first-order valence-corrected chi connectivity index (χ1v) is 18.9. The predicted octanol–water partition coefficient (Wildman–Crippen LogP) is 10.8. The molecule has 2 aromatic carbocycles. The van der Waals surface area contributed by atoms with Gasteiger partial charge in [0.05, 0.1) is 0 Å². The van der Waals surface area contributed by atoms with Gasteiger partial charge < -0.3 is 17.2 Å². The molecule has 0 saturated carbocycles. The van der Waals surface area contributed by atoms with Gasteiger partial charge in [-0.1, -0.05) is 91.8 Å². The monoisotopic (exact) mass is 646 g/mol. The van der Waals surface area contributed by atoms with E-state index in [1.807, 2.05) is 24.5 Å². The molecule has 0 amide bonds. The van der Waals surface area contributed by atoms with Crippen LogP contribution in [0, 0.1) is 14.1 Å². The Morgan fingerprint density at radius 1 is 0.711 bits per heavy atom. The van der Waals surface area contributed by atoms with Gasteiger partial charge in [0.2, 0.25) is 0 Å². The third-order valence-electron chi connectivity index (χ3n) is 6.60. The second-order valence-electron chi connectivity index (χ2n) is 11.3. The molecule has 3 rings (SSSR count). The van der Waals surface area contributed by atoms with Crippen molar-refractivity contribution in [2.75, 3.05) is 22.9 Å². The predicted molar refractivity (Wildman–Crippen MR) is 172 cm³/mol. The normalized spacial score (nSPS) is 13.5. The molecule has 0 N–H and O–H groups in total. The van der Waals surface area contributed by atoms with Crippen molar-refractivity contribution in [1.29, 1.82) is 0 Å². The average molecular weight is 647 g/mol. The molecule has 38 heavy (non-hydrogen) atoms. The largest absolute Gasteiger partial charge is 0.502 e. The molecule has 5 heteroatoms. The Bertz CT molecular complexity index is 940. The van der Waals surface area contributed by atoms with Crippen molar-refractivity contribution in [2.45, 2.75) is 92.9 Å². The zero-order valence-corrected chi connectivity index (χ0v) is 28.7. The van der Waals surface area contributed by atoms with Crippen LogP contribution in [0.25, 0.3) is 0 Å². The quantitative estimate of drug-likeness (QED) is 0.218. The van der Waals surface area contributed by atoms with Crippen molar-refractivity contribution >= 4 is 35.4 Å². The van der Waals surface area contributed by atoms with Crippen LogP contribution in [0.3, 0.4) is 0 Å². The molecule has 1 saturated heterocycles. The number of para-hydroxylation sites is 2. The Labute approximate surface area is 247 Å². The van der Waals surface area contributed by atoms with Gasteiger partial charge >= 0.3 is 63.0 Å². The molecule has 1 aliphatic rings. The third kappa shape index (κ3) is 9.50. The number of hydrogen-bond acceptors (Lipinski definition) is 2. The van der Waals surface area contributed by atoms with Gasteiger partial charge in [0.25, 0.3) is 0 Å². The van der Waals surface area contributed by atoms with E-state index in [-0.39, 0.29) is 7.43 Å². The molecular weight excluding hydrogens is 596 g/mol. The molecule has 0 spiro atoms. The van der Waals surface area contributed by atoms with Gasteiger partial charge in [-0.2, -0.15) is 6.67 Å². The molecular formula is C33H50Cl2N2Ru-2. The van der Waals surface area contributed by atoms with Crippen LogP contribution in [0.1, 0.15) is 115 Å². The fourth-order valence-electron chi connectivity index (χ4n) is 4.69. The number of halogens is 2. The van der Waals surface area contributed by atoms with Crippen LogP contribution in [0.2, 0.25) is 0 Å². The van der Waals surface area contributed by atoms with Crippen LogP contribution in [-0.2, 0) is 13.5 Å². The van der Waals surface area contributed by atoms with Gasteiger partial charge in [0.15, 0.2) is 0 Å². The summed E-state index contributed by atoms with van der Waals surface area (Å²) in [7, 11) is 11.1. The Kier molecular flexibility index (Phi) is 14.9. The second-order valence-corrected chi connectivity index (χ2v) is 17.1. The number of benzene rings is 2. The molecule has 0 radical (unpaired) electrons. The summed E-state index contributed by atoms with van der Waals surface area (Å²) >= 11 is -1.52. The molecule has 0 aromatic heterocycles. The first kappa shape index (κ1) is 34.9. The minimum Gasteiger partial charge on any atom is -0.502 e. The molecule has 0 aliphatic carbocycles. The van der Waals surface area contributed by atoms with E-state index in [2.05, 4.69) is 108 Å². The van der Waals surface area contributed by atoms with Gasteiger partial charge in [-0.25, -0.2) is 0 Å². The fraction of sp³-hybridized carbons (Fsp3) is 0.485. The number of rotatable bonds is 7. The molecule has 216 valence electrons. The number of nitrogens with zero attached hydrogens (tertiary/aromatic N) is 2. The van der Waals surface area contributed by atoms with Crippen LogP contribution in [-0.4, -0.2) is 17.7 Å². The Morgan fingerprint density at radius 3 is 1.24 bits per heavy atom. The zero-order chi connectivity index (χ0) is 27.9. The Hall–Kier alpha value is -1.15. The van der Waals surface area contributed by atoms with Gasteiger partial charge in [0, 0.05) is 24.5 Å². The summed E-state index contributed by atoms with van der Waals surface area (Å²) in [6.45, 7) is 26.9. The van der Waals surface area contributed by atoms with E-state index in [1.165, 1.54) is 39.2 Å². The van der Waals surface area contributed by atoms with Crippen LogP contribution in [0.4, 0.5) is 11.4 Å². The molecule has 0 atom stereocenters. The van der Waals surface area contributed by atoms with E-state index in [4.69, 9.17) is 19.4 Å². The summed E-state index contributed by atoms with van der Waals surface area (Å²) in [5.74, 6) is 2.06. The molecule has 0 unspecified atom stereocenters. The molecule has 1 heterocycles. The smallest absolute Gasteiger partial charge is 0.0156 e. The van der Waals surface area contributed by atoms with E-state index in [0.717, 1.165) is 13.1 Å². The second kappa shape index (κ2) is 16.2. The van der Waals surface area contributed by atoms with E-state index in [1.54, 1.807) is 0 Å². The average Bonchev–Trinajstić information content (AvgIpc) is 3.31. The van der Waals surface area contributed by atoms with Crippen molar-refractivity contribution in [1.82, 2.24) is 0 Å². The SMILES string of the molecule is CC(C)=C[CH]=[Ru]([Cl])[Cl].CC(C)c1cccc(C(C)C)c1N1[CH-]N(c2c(C(C)C)cccc2C(C)C)CC1.[CH3-]. The summed E-state index contributed by atoms with van der Waals surface area (Å²) in [4.78, 5) is 5.01. The van der Waals surface area contributed by atoms with Crippen LogP contribution in [0.5, 0.6) is 0 Å². The fourth-order valence-corrected chi connectivity index (χ4v) is 6.01. The number of hydrogen-bond donors (Lipinski definition) is 0. The maximum absolute atomic E-state index is 5.53. The maximum Gasteiger partial charge on any atom is 0.0156 e. The van der Waals surface area contributed by atoms with Crippen molar-refractivity contribution in [2.24, 2.45) is 0 Å². The maximum atomic E-state index is 5.53. The Balaban J connectivity index is 0.000000699. The van der Waals surface area contributed by atoms with Crippen molar-refractivity contribution in [3.05, 3.63) is 84.4 Å². The van der Waals surface area contributed by atoms with E-state index in [0.29, 0.717) is 23.7 Å². The minimum atomic E-state index is -1.52. The van der Waals surface area contributed by atoms with Gasteiger partial charge in [0.1, 0.15) is 0 Å². The molecule has 1 fully saturated rings. The van der Waals surface area contributed by atoms with E-state index in [9.17, 15) is 0 Å². The molecule has 2 aromatic rings. The van der Waals surface area contributed by atoms with Crippen LogP contribution in [0.15, 0.2) is 48.0 Å². The third-order valence-corrected chi connectivity index (χ3v) is 8.38. The summed E-state index contributed by atoms with van der Waals surface area (Å²) in [6, 6.07) is 13.7. The van der Waals surface area contributed by atoms with Crippen LogP contribution >= 0.6 is 19.4 Å². The zero-order valence-electron chi connectivity index (χ0n) is 25.4. The molecule has 0 bridgehead atoms. The van der Waals surface area contributed by atoms with Crippen molar-refractivity contribution < 1.29 is 13.5 Å². The first-order chi connectivity index (χ1) is 17.3. The number of allylic oxidation sites excluding steroid dienone is 2. The summed E-state index contributed by atoms with van der Waals surface area (Å²) < 4.78 is 1.88. The summed E-state index contributed by atoms with van der Waals surface area (Å²) in [5.41, 5.74) is 9.91. The van der Waals surface area contributed by atoms with Crippen molar-refractivity contribution in [3.8, 4) is 0 Å². The topological polar surface area (TPSA) is 6.48 Å². The van der Waals surface area contributed by atoms with E-state index < -0.39 is 13.5 Å².